The van der Waals surface area contributed by atoms with E-state index in [1.54, 1.807) is 14.2 Å². The molecule has 1 aliphatic rings. The van der Waals surface area contributed by atoms with Crippen LogP contribution in [-0.2, 0) is 0 Å². The van der Waals surface area contributed by atoms with E-state index in [0.717, 1.165) is 17.9 Å². The minimum atomic E-state index is -0.159. The highest BCUT2D eigenvalue weighted by Gasteiger charge is 2.17. The Hall–Kier alpha value is -1.95. The molecule has 146 valence electrons. The van der Waals surface area contributed by atoms with Crippen molar-refractivity contribution in [2.45, 2.75) is 39.2 Å². The molecule has 6 nitrogen and oxygen atoms in total. The molecule has 0 radical (unpaired) electrons. The molecule has 26 heavy (non-hydrogen) atoms. The number of methoxy groups -OCH3 is 2. The molecule has 0 aromatic heterocycles. The molecule has 1 aliphatic heterocycles. The van der Waals surface area contributed by atoms with E-state index >= 15 is 0 Å². The molecule has 6 heteroatoms. The fourth-order valence-corrected chi connectivity index (χ4v) is 3.42. The Bertz CT molecular complexity index is 573. The van der Waals surface area contributed by atoms with Crippen LogP contribution < -0.4 is 20.1 Å². The fraction of sp³-hybridized carbons (Fsp3) is 0.650. The Kier molecular flexibility index (Phi) is 8.04. The smallest absolute Gasteiger partial charge is 0.315 e. The second-order valence-corrected chi connectivity index (χ2v) is 7.15. The third kappa shape index (κ3) is 6.09. The topological polar surface area (TPSA) is 62.8 Å². The molecule has 1 saturated heterocycles. The number of rotatable bonds is 8. The van der Waals surface area contributed by atoms with Crippen molar-refractivity contribution in [3.8, 4) is 11.5 Å². The number of nitrogens with one attached hydrogen (secondary N) is 2. The van der Waals surface area contributed by atoms with Gasteiger partial charge in [-0.1, -0.05) is 13.3 Å². The van der Waals surface area contributed by atoms with Gasteiger partial charge in [-0.25, -0.2) is 4.79 Å². The average molecular weight is 364 g/mol. The van der Waals surface area contributed by atoms with Gasteiger partial charge in [0.05, 0.1) is 20.3 Å². The molecule has 0 spiro atoms. The Labute approximate surface area is 157 Å². The highest BCUT2D eigenvalue weighted by atomic mass is 16.5. The van der Waals surface area contributed by atoms with Crippen LogP contribution in [0.1, 0.15) is 44.7 Å². The van der Waals surface area contributed by atoms with E-state index in [1.165, 1.54) is 32.4 Å². The van der Waals surface area contributed by atoms with Crippen molar-refractivity contribution in [2.24, 2.45) is 5.92 Å². The zero-order valence-corrected chi connectivity index (χ0v) is 16.5. The first-order valence-corrected chi connectivity index (χ1v) is 9.52. The molecule has 0 aliphatic carbocycles. The normalized spacial score (nSPS) is 17.2. The van der Waals surface area contributed by atoms with Gasteiger partial charge in [0.15, 0.2) is 0 Å². The summed E-state index contributed by atoms with van der Waals surface area (Å²) in [5, 5.41) is 5.97. The van der Waals surface area contributed by atoms with Gasteiger partial charge in [-0.15, -0.1) is 0 Å². The molecule has 1 aromatic rings. The largest absolute Gasteiger partial charge is 0.497 e. The van der Waals surface area contributed by atoms with Gasteiger partial charge in [0.1, 0.15) is 11.5 Å². The summed E-state index contributed by atoms with van der Waals surface area (Å²) in [6, 6.07) is 5.30. The summed E-state index contributed by atoms with van der Waals surface area (Å²) in [4.78, 5) is 14.7. The van der Waals surface area contributed by atoms with Crippen molar-refractivity contribution in [1.82, 2.24) is 15.5 Å². The van der Waals surface area contributed by atoms with Gasteiger partial charge in [-0.05, 0) is 50.9 Å². The van der Waals surface area contributed by atoms with E-state index in [-0.39, 0.29) is 12.1 Å². The Balaban J connectivity index is 1.79. The van der Waals surface area contributed by atoms with Gasteiger partial charge in [0, 0.05) is 24.7 Å². The van der Waals surface area contributed by atoms with Crippen LogP contribution in [0.2, 0.25) is 0 Å². The van der Waals surface area contributed by atoms with Crippen LogP contribution in [-0.4, -0.2) is 51.3 Å². The summed E-state index contributed by atoms with van der Waals surface area (Å²) in [6.45, 7) is 8.22. The zero-order chi connectivity index (χ0) is 18.9. The molecule has 2 amide bonds. The number of benzene rings is 1. The van der Waals surface area contributed by atoms with Crippen molar-refractivity contribution in [1.29, 1.82) is 0 Å². The van der Waals surface area contributed by atoms with E-state index in [2.05, 4.69) is 22.5 Å². The number of ether oxygens (including phenoxy) is 2. The average Bonchev–Trinajstić information content (AvgIpc) is 2.66. The van der Waals surface area contributed by atoms with Crippen LogP contribution in [0, 0.1) is 5.92 Å². The quantitative estimate of drug-likeness (QED) is 0.745. The van der Waals surface area contributed by atoms with Gasteiger partial charge < -0.3 is 25.0 Å². The molecule has 2 N–H and O–H groups in total. The van der Waals surface area contributed by atoms with E-state index in [4.69, 9.17) is 9.47 Å². The maximum atomic E-state index is 12.2. The fourth-order valence-electron chi connectivity index (χ4n) is 3.42. The Morgan fingerprint density at radius 2 is 1.88 bits per heavy atom. The standard InChI is InChI=1S/C20H33N3O3/c1-15(14-23-10-6-5-7-11-23)13-21-20(24)22-16(2)18-9-8-17(25-3)12-19(18)26-4/h8-9,12,15-16H,5-7,10-11,13-14H2,1-4H3,(H2,21,22,24). The number of carbonyl (C=O) groups excluding carboxylic acids is 1. The number of hydrogen-bond acceptors (Lipinski definition) is 4. The summed E-state index contributed by atoms with van der Waals surface area (Å²) in [5.41, 5.74) is 0.921. The summed E-state index contributed by atoms with van der Waals surface area (Å²) in [5.74, 6) is 1.87. The van der Waals surface area contributed by atoms with Crippen molar-refractivity contribution >= 4 is 6.03 Å². The maximum Gasteiger partial charge on any atom is 0.315 e. The third-order valence-corrected chi connectivity index (χ3v) is 4.88. The summed E-state index contributed by atoms with van der Waals surface area (Å²) in [7, 11) is 3.24. The summed E-state index contributed by atoms with van der Waals surface area (Å²) < 4.78 is 10.6. The first kappa shape index (κ1) is 20.4. The first-order valence-electron chi connectivity index (χ1n) is 9.52. The molecule has 2 atom stereocenters. The first-order chi connectivity index (χ1) is 12.5. The highest BCUT2D eigenvalue weighted by Crippen LogP contribution is 2.29. The lowest BCUT2D eigenvalue weighted by Gasteiger charge is -2.29. The monoisotopic (exact) mass is 363 g/mol. The number of nitrogens with zero attached hydrogens (tertiary/aromatic N) is 1. The van der Waals surface area contributed by atoms with Crippen molar-refractivity contribution in [3.63, 3.8) is 0 Å². The van der Waals surface area contributed by atoms with Crippen LogP contribution in [0.25, 0.3) is 0 Å². The minimum absolute atomic E-state index is 0.152. The predicted molar refractivity (Wildman–Crippen MR) is 104 cm³/mol. The second-order valence-electron chi connectivity index (χ2n) is 7.15. The number of urea groups is 1. The van der Waals surface area contributed by atoms with Gasteiger partial charge in [-0.2, -0.15) is 0 Å². The Morgan fingerprint density at radius 1 is 1.15 bits per heavy atom. The molecule has 0 bridgehead atoms. The molecule has 1 fully saturated rings. The van der Waals surface area contributed by atoms with Crippen molar-refractivity contribution < 1.29 is 14.3 Å². The summed E-state index contributed by atoms with van der Waals surface area (Å²) >= 11 is 0. The van der Waals surface area contributed by atoms with Gasteiger partial charge in [0.25, 0.3) is 0 Å². The van der Waals surface area contributed by atoms with E-state index in [1.807, 2.05) is 25.1 Å². The van der Waals surface area contributed by atoms with E-state index in [9.17, 15) is 4.79 Å². The molecule has 1 heterocycles. The molecular weight excluding hydrogens is 330 g/mol. The van der Waals surface area contributed by atoms with Crippen molar-refractivity contribution in [2.75, 3.05) is 40.4 Å². The van der Waals surface area contributed by atoms with Crippen LogP contribution in [0.5, 0.6) is 11.5 Å². The maximum absolute atomic E-state index is 12.2. The minimum Gasteiger partial charge on any atom is -0.497 e. The number of likely N-dealkylation sites (tertiary alicyclic amines) is 1. The summed E-state index contributed by atoms with van der Waals surface area (Å²) in [6.07, 6.45) is 3.93. The molecule has 0 saturated carbocycles. The SMILES string of the molecule is COc1ccc(C(C)NC(=O)NCC(C)CN2CCCCC2)c(OC)c1. The number of hydrogen-bond donors (Lipinski definition) is 2. The Morgan fingerprint density at radius 3 is 2.54 bits per heavy atom. The molecule has 1 aromatic carbocycles. The second kappa shape index (κ2) is 10.3. The molecular formula is C20H33N3O3. The van der Waals surface area contributed by atoms with Gasteiger partial charge >= 0.3 is 6.03 Å². The van der Waals surface area contributed by atoms with Crippen LogP contribution in [0.4, 0.5) is 4.79 Å². The lowest BCUT2D eigenvalue weighted by molar-refractivity contribution is 0.197. The van der Waals surface area contributed by atoms with Crippen LogP contribution in [0.3, 0.4) is 0 Å². The number of amides is 2. The van der Waals surface area contributed by atoms with Crippen LogP contribution >= 0.6 is 0 Å². The predicted octanol–water partition coefficient (Wildman–Crippen LogP) is 3.19. The molecule has 2 unspecified atom stereocenters. The number of piperidine rings is 1. The van der Waals surface area contributed by atoms with E-state index in [0.29, 0.717) is 18.2 Å². The lowest BCUT2D eigenvalue weighted by atomic mass is 10.1. The van der Waals surface area contributed by atoms with Crippen molar-refractivity contribution in [3.05, 3.63) is 23.8 Å². The van der Waals surface area contributed by atoms with Gasteiger partial charge in [-0.3, -0.25) is 0 Å². The third-order valence-electron chi connectivity index (χ3n) is 4.88. The highest BCUT2D eigenvalue weighted by molar-refractivity contribution is 5.74. The lowest BCUT2D eigenvalue weighted by Crippen LogP contribution is -2.42. The van der Waals surface area contributed by atoms with Gasteiger partial charge in [0.2, 0.25) is 0 Å². The number of carbonyl (C=O) groups is 1. The molecule has 2 rings (SSSR count). The van der Waals surface area contributed by atoms with E-state index < -0.39 is 0 Å². The van der Waals surface area contributed by atoms with Crippen LogP contribution in [0.15, 0.2) is 18.2 Å². The zero-order valence-electron chi connectivity index (χ0n) is 16.5.